The molecule has 0 fully saturated rings. The zero-order valence-corrected chi connectivity index (χ0v) is 11.9. The lowest BCUT2D eigenvalue weighted by Crippen LogP contribution is -2.31. The molecule has 0 radical (unpaired) electrons. The monoisotopic (exact) mass is 269 g/mol. The van der Waals surface area contributed by atoms with Crippen LogP contribution in [-0.2, 0) is 9.53 Å². The van der Waals surface area contributed by atoms with Gasteiger partial charge in [-0.15, -0.1) is 0 Å². The highest BCUT2D eigenvalue weighted by atomic mass is 35.5. The normalized spacial score (nSPS) is 12.0. The minimum atomic E-state index is -0.339. The molecule has 0 aliphatic rings. The first kappa shape index (κ1) is 14.8. The zero-order chi connectivity index (χ0) is 13.5. The van der Waals surface area contributed by atoms with E-state index in [9.17, 15) is 4.79 Å². The molecule has 1 aromatic carbocycles. The van der Waals surface area contributed by atoms with Gasteiger partial charge in [0.2, 0.25) is 0 Å². The van der Waals surface area contributed by atoms with Crippen molar-refractivity contribution >= 4 is 23.3 Å². The Bertz CT molecular complexity index is 407. The number of nitrogens with one attached hydrogen (secondary N) is 1. The number of esters is 1. The van der Waals surface area contributed by atoms with E-state index >= 15 is 0 Å². The highest BCUT2D eigenvalue weighted by Crippen LogP contribution is 2.24. The summed E-state index contributed by atoms with van der Waals surface area (Å²) in [5.41, 5.74) is 1.88. The molecule has 3 nitrogen and oxygen atoms in total. The van der Waals surface area contributed by atoms with E-state index in [1.165, 1.54) is 0 Å². The van der Waals surface area contributed by atoms with Gasteiger partial charge < -0.3 is 10.1 Å². The van der Waals surface area contributed by atoms with Gasteiger partial charge in [-0.2, -0.15) is 0 Å². The van der Waals surface area contributed by atoms with Crippen molar-refractivity contribution in [3.05, 3.63) is 28.8 Å². The Labute approximate surface area is 113 Å². The zero-order valence-electron chi connectivity index (χ0n) is 11.1. The average molecular weight is 270 g/mol. The number of benzene rings is 1. The number of hydrogen-bond donors (Lipinski definition) is 1. The van der Waals surface area contributed by atoms with E-state index < -0.39 is 0 Å². The standard InChI is InChI=1S/C14H20ClNO2/c1-4-6-12(14(17)18-5-2)16-13-9-10(3)7-8-11(13)15/h7-9,12,16H,4-6H2,1-3H3. The third-order valence-corrected chi connectivity index (χ3v) is 2.93. The maximum atomic E-state index is 11.8. The second kappa shape index (κ2) is 7.27. The Morgan fingerprint density at radius 3 is 2.78 bits per heavy atom. The summed E-state index contributed by atoms with van der Waals surface area (Å²) >= 11 is 6.11. The van der Waals surface area contributed by atoms with E-state index in [1.807, 2.05) is 32.0 Å². The summed E-state index contributed by atoms with van der Waals surface area (Å²) in [6.07, 6.45) is 1.63. The van der Waals surface area contributed by atoms with E-state index in [2.05, 4.69) is 5.32 Å². The number of anilines is 1. The van der Waals surface area contributed by atoms with Crippen molar-refractivity contribution in [1.29, 1.82) is 0 Å². The minimum Gasteiger partial charge on any atom is -0.464 e. The van der Waals surface area contributed by atoms with E-state index in [4.69, 9.17) is 16.3 Å². The smallest absolute Gasteiger partial charge is 0.328 e. The molecule has 0 saturated heterocycles. The summed E-state index contributed by atoms with van der Waals surface area (Å²) in [5.74, 6) is -0.225. The predicted molar refractivity (Wildman–Crippen MR) is 75.1 cm³/mol. The van der Waals surface area contributed by atoms with E-state index in [-0.39, 0.29) is 12.0 Å². The second-order valence-corrected chi connectivity index (χ2v) is 4.63. The van der Waals surface area contributed by atoms with Crippen LogP contribution in [0.3, 0.4) is 0 Å². The Morgan fingerprint density at radius 1 is 1.44 bits per heavy atom. The molecular weight excluding hydrogens is 250 g/mol. The Morgan fingerprint density at radius 2 is 2.17 bits per heavy atom. The predicted octanol–water partition coefficient (Wildman–Crippen LogP) is 3.79. The van der Waals surface area contributed by atoms with Crippen LogP contribution in [-0.4, -0.2) is 18.6 Å². The summed E-state index contributed by atoms with van der Waals surface area (Å²) in [6.45, 7) is 6.22. The van der Waals surface area contributed by atoms with Gasteiger partial charge in [0.25, 0.3) is 0 Å². The van der Waals surface area contributed by atoms with Crippen LogP contribution in [0.25, 0.3) is 0 Å². The van der Waals surface area contributed by atoms with Gasteiger partial charge in [-0.1, -0.05) is 31.0 Å². The SMILES string of the molecule is CCCC(Nc1cc(C)ccc1Cl)C(=O)OCC. The van der Waals surface area contributed by atoms with Crippen LogP contribution in [0, 0.1) is 6.92 Å². The van der Waals surface area contributed by atoms with Crippen molar-refractivity contribution in [1.82, 2.24) is 0 Å². The van der Waals surface area contributed by atoms with Gasteiger partial charge >= 0.3 is 5.97 Å². The van der Waals surface area contributed by atoms with Gasteiger partial charge in [-0.05, 0) is 38.0 Å². The fraction of sp³-hybridized carbons (Fsp3) is 0.500. The summed E-state index contributed by atoms with van der Waals surface area (Å²) in [5, 5.41) is 3.78. The van der Waals surface area contributed by atoms with Crippen molar-refractivity contribution in [3.8, 4) is 0 Å². The fourth-order valence-electron chi connectivity index (χ4n) is 1.72. The van der Waals surface area contributed by atoms with Gasteiger partial charge in [0.1, 0.15) is 6.04 Å². The molecule has 0 heterocycles. The van der Waals surface area contributed by atoms with Crippen molar-refractivity contribution < 1.29 is 9.53 Å². The summed E-state index contributed by atoms with van der Waals surface area (Å²) in [7, 11) is 0. The molecule has 0 spiro atoms. The number of rotatable bonds is 6. The molecule has 0 aliphatic heterocycles. The molecule has 1 atom stereocenters. The molecule has 1 unspecified atom stereocenters. The van der Waals surface area contributed by atoms with Crippen molar-refractivity contribution in [2.45, 2.75) is 39.7 Å². The van der Waals surface area contributed by atoms with E-state index in [0.29, 0.717) is 11.6 Å². The molecule has 100 valence electrons. The highest BCUT2D eigenvalue weighted by Gasteiger charge is 2.19. The van der Waals surface area contributed by atoms with Gasteiger partial charge in [-0.25, -0.2) is 4.79 Å². The molecule has 0 aliphatic carbocycles. The van der Waals surface area contributed by atoms with E-state index in [1.54, 1.807) is 6.92 Å². The second-order valence-electron chi connectivity index (χ2n) is 4.22. The molecule has 0 aromatic heterocycles. The Kier molecular flexibility index (Phi) is 5.99. The van der Waals surface area contributed by atoms with Crippen LogP contribution in [0.15, 0.2) is 18.2 Å². The maximum Gasteiger partial charge on any atom is 0.328 e. The lowest BCUT2D eigenvalue weighted by Gasteiger charge is -2.18. The molecule has 18 heavy (non-hydrogen) atoms. The third-order valence-electron chi connectivity index (χ3n) is 2.60. The molecule has 1 aromatic rings. The number of ether oxygens (including phenoxy) is 1. The average Bonchev–Trinajstić information content (AvgIpc) is 2.33. The van der Waals surface area contributed by atoms with Crippen LogP contribution in [0.4, 0.5) is 5.69 Å². The first-order valence-electron chi connectivity index (χ1n) is 6.27. The number of halogens is 1. The summed E-state index contributed by atoms with van der Waals surface area (Å²) < 4.78 is 5.05. The van der Waals surface area contributed by atoms with Gasteiger partial charge in [-0.3, -0.25) is 0 Å². The van der Waals surface area contributed by atoms with Gasteiger partial charge in [0.15, 0.2) is 0 Å². The van der Waals surface area contributed by atoms with Gasteiger partial charge in [0.05, 0.1) is 17.3 Å². The van der Waals surface area contributed by atoms with Crippen molar-refractivity contribution in [3.63, 3.8) is 0 Å². The maximum absolute atomic E-state index is 11.8. The lowest BCUT2D eigenvalue weighted by molar-refractivity contribution is -0.144. The topological polar surface area (TPSA) is 38.3 Å². The molecule has 0 saturated carbocycles. The van der Waals surface area contributed by atoms with Crippen LogP contribution < -0.4 is 5.32 Å². The number of carbonyl (C=O) groups is 1. The Hall–Kier alpha value is -1.22. The third kappa shape index (κ3) is 4.22. The highest BCUT2D eigenvalue weighted by molar-refractivity contribution is 6.33. The summed E-state index contributed by atoms with van der Waals surface area (Å²) in [6, 6.07) is 5.36. The van der Waals surface area contributed by atoms with Crippen LogP contribution in [0.5, 0.6) is 0 Å². The number of hydrogen-bond acceptors (Lipinski definition) is 3. The molecule has 1 rings (SSSR count). The van der Waals surface area contributed by atoms with E-state index in [0.717, 1.165) is 24.1 Å². The van der Waals surface area contributed by atoms with Crippen LogP contribution in [0.2, 0.25) is 5.02 Å². The molecule has 0 bridgehead atoms. The molecule has 1 N–H and O–H groups in total. The lowest BCUT2D eigenvalue weighted by atomic mass is 10.1. The molecular formula is C14H20ClNO2. The minimum absolute atomic E-state index is 0.225. The van der Waals surface area contributed by atoms with Crippen molar-refractivity contribution in [2.24, 2.45) is 0 Å². The van der Waals surface area contributed by atoms with Crippen molar-refractivity contribution in [2.75, 3.05) is 11.9 Å². The largest absolute Gasteiger partial charge is 0.464 e. The Balaban J connectivity index is 2.82. The number of carbonyl (C=O) groups excluding carboxylic acids is 1. The first-order chi connectivity index (χ1) is 8.58. The van der Waals surface area contributed by atoms with Crippen LogP contribution >= 0.6 is 11.6 Å². The molecule has 0 amide bonds. The summed E-state index contributed by atoms with van der Waals surface area (Å²) in [4.78, 5) is 11.8. The quantitative estimate of drug-likeness (QED) is 0.799. The van der Waals surface area contributed by atoms with Gasteiger partial charge in [0, 0.05) is 0 Å². The first-order valence-corrected chi connectivity index (χ1v) is 6.65. The molecule has 4 heteroatoms. The fourth-order valence-corrected chi connectivity index (χ4v) is 1.89. The van der Waals surface area contributed by atoms with Crippen LogP contribution in [0.1, 0.15) is 32.3 Å². The number of aryl methyl sites for hydroxylation is 1.